The van der Waals surface area contributed by atoms with Crippen LogP contribution in [0.15, 0.2) is 47.5 Å². The van der Waals surface area contributed by atoms with E-state index in [1.54, 1.807) is 12.1 Å². The van der Waals surface area contributed by atoms with Crippen LogP contribution in [0, 0.1) is 0 Å². The highest BCUT2D eigenvalue weighted by Gasteiger charge is 2.14. The van der Waals surface area contributed by atoms with Gasteiger partial charge in [-0.3, -0.25) is 4.99 Å². The molecule has 0 aliphatic rings. The Labute approximate surface area is 162 Å². The predicted molar refractivity (Wildman–Crippen MR) is 113 cm³/mol. The first kappa shape index (κ1) is 18.3. The number of rotatable bonds is 5. The van der Waals surface area contributed by atoms with Crippen molar-refractivity contribution >= 4 is 38.8 Å². The fourth-order valence-electron chi connectivity index (χ4n) is 3.77. The molecule has 28 heavy (non-hydrogen) atoms. The molecule has 4 rings (SSSR count). The van der Waals surface area contributed by atoms with Gasteiger partial charge in [0.05, 0.1) is 21.8 Å². The Balaban J connectivity index is 2.07. The van der Waals surface area contributed by atoms with Gasteiger partial charge in [-0.1, -0.05) is 18.2 Å². The SMILES string of the molecule is CN(C)CCCN=c1c2ccccc2n(C)c2[nH]c3ccc(C(=O)O)cc3c12. The van der Waals surface area contributed by atoms with Gasteiger partial charge < -0.3 is 19.6 Å². The number of carbonyl (C=O) groups is 1. The van der Waals surface area contributed by atoms with E-state index in [1.807, 2.05) is 25.2 Å². The maximum absolute atomic E-state index is 11.5. The highest BCUT2D eigenvalue weighted by atomic mass is 16.4. The lowest BCUT2D eigenvalue weighted by Crippen LogP contribution is -2.15. The summed E-state index contributed by atoms with van der Waals surface area (Å²) in [6.07, 6.45) is 0.965. The van der Waals surface area contributed by atoms with E-state index in [9.17, 15) is 9.90 Å². The first-order valence-electron chi connectivity index (χ1n) is 9.39. The van der Waals surface area contributed by atoms with Crippen LogP contribution >= 0.6 is 0 Å². The minimum absolute atomic E-state index is 0.280. The molecular formula is C22H24N4O2. The third-order valence-electron chi connectivity index (χ3n) is 5.15. The van der Waals surface area contributed by atoms with Crippen LogP contribution in [0.1, 0.15) is 16.8 Å². The average molecular weight is 376 g/mol. The molecule has 0 aliphatic heterocycles. The highest BCUT2D eigenvalue weighted by molar-refractivity contribution is 6.11. The third kappa shape index (κ3) is 3.05. The smallest absolute Gasteiger partial charge is 0.335 e. The standard InChI is InChI=1S/C22H24N4O2/c1-25(2)12-6-11-23-20-15-7-4-5-8-18(15)26(3)21-19(20)16-13-14(22(27)28)9-10-17(16)24-21/h4-5,7-10,13,24H,6,11-12H2,1-3H3,(H,27,28). The normalized spacial score (nSPS) is 12.6. The molecule has 2 aromatic carbocycles. The number of nitrogens with zero attached hydrogens (tertiary/aromatic N) is 3. The van der Waals surface area contributed by atoms with Crippen LogP contribution in [0.3, 0.4) is 0 Å². The van der Waals surface area contributed by atoms with Crippen molar-refractivity contribution < 1.29 is 9.90 Å². The number of hydrogen-bond acceptors (Lipinski definition) is 3. The number of aromatic carboxylic acids is 1. The molecule has 4 aromatic rings. The number of aryl methyl sites for hydroxylation is 1. The summed E-state index contributed by atoms with van der Waals surface area (Å²) in [6.45, 7) is 1.69. The van der Waals surface area contributed by atoms with Gasteiger partial charge in [-0.05, 0) is 51.3 Å². The molecule has 0 spiro atoms. The molecule has 6 nitrogen and oxygen atoms in total. The van der Waals surface area contributed by atoms with E-state index in [2.05, 4.69) is 40.7 Å². The van der Waals surface area contributed by atoms with E-state index in [-0.39, 0.29) is 5.56 Å². The molecule has 2 heterocycles. The maximum atomic E-state index is 11.5. The Morgan fingerprint density at radius 2 is 1.96 bits per heavy atom. The summed E-state index contributed by atoms with van der Waals surface area (Å²) < 4.78 is 2.12. The molecule has 2 N–H and O–H groups in total. The fourth-order valence-corrected chi connectivity index (χ4v) is 3.77. The van der Waals surface area contributed by atoms with Crippen LogP contribution < -0.4 is 5.36 Å². The largest absolute Gasteiger partial charge is 0.478 e. The average Bonchev–Trinajstić information content (AvgIpc) is 3.06. The summed E-state index contributed by atoms with van der Waals surface area (Å²) in [5.74, 6) is -0.925. The lowest BCUT2D eigenvalue weighted by atomic mass is 10.1. The molecular weight excluding hydrogens is 352 g/mol. The second-order valence-corrected chi connectivity index (χ2v) is 7.38. The second kappa shape index (κ2) is 7.13. The Morgan fingerprint density at radius 3 is 2.71 bits per heavy atom. The number of carboxylic acid groups (broad SMARTS) is 1. The van der Waals surface area contributed by atoms with Gasteiger partial charge in [-0.15, -0.1) is 0 Å². The van der Waals surface area contributed by atoms with Gasteiger partial charge in [0, 0.05) is 29.9 Å². The molecule has 2 aromatic heterocycles. The lowest BCUT2D eigenvalue weighted by molar-refractivity contribution is 0.0697. The van der Waals surface area contributed by atoms with Crippen molar-refractivity contribution in [1.29, 1.82) is 0 Å². The molecule has 0 amide bonds. The number of benzene rings is 2. The number of H-pyrrole nitrogens is 1. The zero-order chi connectivity index (χ0) is 19.8. The second-order valence-electron chi connectivity index (χ2n) is 7.38. The Hall–Kier alpha value is -3.12. The van der Waals surface area contributed by atoms with Crippen molar-refractivity contribution in [3.63, 3.8) is 0 Å². The number of pyridine rings is 1. The van der Waals surface area contributed by atoms with Gasteiger partial charge in [0.15, 0.2) is 0 Å². The summed E-state index contributed by atoms with van der Waals surface area (Å²) in [5.41, 5.74) is 3.23. The number of aromatic amines is 1. The number of fused-ring (bicyclic) bond motifs is 4. The van der Waals surface area contributed by atoms with E-state index in [1.165, 1.54) is 0 Å². The molecule has 0 aliphatic carbocycles. The molecule has 0 radical (unpaired) electrons. The molecule has 6 heteroatoms. The molecule has 0 bridgehead atoms. The summed E-state index contributed by atoms with van der Waals surface area (Å²) in [5, 5.41) is 13.3. The fraction of sp³-hybridized carbons (Fsp3) is 0.273. The van der Waals surface area contributed by atoms with Crippen molar-refractivity contribution in [2.75, 3.05) is 27.2 Å². The molecule has 0 saturated heterocycles. The number of carboxylic acids is 1. The number of nitrogens with one attached hydrogen (secondary N) is 1. The Bertz CT molecular complexity index is 1260. The Morgan fingerprint density at radius 1 is 1.18 bits per heavy atom. The van der Waals surface area contributed by atoms with Crippen molar-refractivity contribution in [2.45, 2.75) is 6.42 Å². The first-order chi connectivity index (χ1) is 13.5. The monoisotopic (exact) mass is 376 g/mol. The maximum Gasteiger partial charge on any atom is 0.335 e. The van der Waals surface area contributed by atoms with Gasteiger partial charge in [0.1, 0.15) is 5.65 Å². The quantitative estimate of drug-likeness (QED) is 0.525. The summed E-state index contributed by atoms with van der Waals surface area (Å²) in [4.78, 5) is 22.1. The van der Waals surface area contributed by atoms with Crippen molar-refractivity contribution in [3.05, 3.63) is 53.4 Å². The molecule has 0 unspecified atom stereocenters. The molecule has 0 saturated carbocycles. The molecule has 0 fully saturated rings. The summed E-state index contributed by atoms with van der Waals surface area (Å²) >= 11 is 0. The lowest BCUT2D eigenvalue weighted by Gasteiger charge is -2.10. The van der Waals surface area contributed by atoms with E-state index in [0.717, 1.165) is 57.7 Å². The van der Waals surface area contributed by atoms with E-state index in [0.29, 0.717) is 0 Å². The van der Waals surface area contributed by atoms with Crippen LogP contribution in [0.25, 0.3) is 32.8 Å². The molecule has 144 valence electrons. The zero-order valence-electron chi connectivity index (χ0n) is 16.4. The van der Waals surface area contributed by atoms with Crippen LogP contribution in [-0.2, 0) is 7.05 Å². The van der Waals surface area contributed by atoms with E-state index < -0.39 is 5.97 Å². The minimum Gasteiger partial charge on any atom is -0.478 e. The van der Waals surface area contributed by atoms with Gasteiger partial charge >= 0.3 is 5.97 Å². The van der Waals surface area contributed by atoms with E-state index in [4.69, 9.17) is 4.99 Å². The van der Waals surface area contributed by atoms with Crippen LogP contribution in [0.4, 0.5) is 0 Å². The highest BCUT2D eigenvalue weighted by Crippen LogP contribution is 2.26. The first-order valence-corrected chi connectivity index (χ1v) is 9.39. The predicted octanol–water partition coefficient (Wildman–Crippen LogP) is 3.36. The number of aromatic nitrogens is 2. The van der Waals surface area contributed by atoms with Crippen molar-refractivity contribution in [3.8, 4) is 0 Å². The summed E-state index contributed by atoms with van der Waals surface area (Å²) in [6, 6.07) is 13.4. The van der Waals surface area contributed by atoms with E-state index >= 15 is 0 Å². The minimum atomic E-state index is -0.925. The third-order valence-corrected chi connectivity index (χ3v) is 5.15. The van der Waals surface area contributed by atoms with Gasteiger partial charge in [0.25, 0.3) is 0 Å². The van der Waals surface area contributed by atoms with Gasteiger partial charge in [0.2, 0.25) is 0 Å². The van der Waals surface area contributed by atoms with Gasteiger partial charge in [-0.2, -0.15) is 0 Å². The van der Waals surface area contributed by atoms with Crippen molar-refractivity contribution in [2.24, 2.45) is 12.0 Å². The molecule has 0 atom stereocenters. The van der Waals surface area contributed by atoms with Crippen molar-refractivity contribution in [1.82, 2.24) is 14.5 Å². The Kier molecular flexibility index (Phi) is 4.65. The zero-order valence-corrected chi connectivity index (χ0v) is 16.4. The number of hydrogen-bond donors (Lipinski definition) is 2. The van der Waals surface area contributed by atoms with Crippen LogP contribution in [0.5, 0.6) is 0 Å². The van der Waals surface area contributed by atoms with Crippen LogP contribution in [-0.4, -0.2) is 52.7 Å². The van der Waals surface area contributed by atoms with Crippen LogP contribution in [0.2, 0.25) is 0 Å². The number of para-hydroxylation sites is 1. The summed E-state index contributed by atoms with van der Waals surface area (Å²) in [7, 11) is 6.14. The van der Waals surface area contributed by atoms with Gasteiger partial charge in [-0.25, -0.2) is 4.79 Å². The topological polar surface area (TPSA) is 73.6 Å².